The van der Waals surface area contributed by atoms with Gasteiger partial charge in [0.05, 0.1) is 11.0 Å². The lowest BCUT2D eigenvalue weighted by atomic mass is 9.96. The van der Waals surface area contributed by atoms with E-state index in [1.807, 2.05) is 33.7 Å². The van der Waals surface area contributed by atoms with Crippen molar-refractivity contribution in [2.75, 3.05) is 0 Å². The van der Waals surface area contributed by atoms with Crippen molar-refractivity contribution < 1.29 is 0 Å². The van der Waals surface area contributed by atoms with E-state index in [1.165, 1.54) is 22.7 Å². The first-order chi connectivity index (χ1) is 14.7. The maximum absolute atomic E-state index is 13.4. The van der Waals surface area contributed by atoms with E-state index in [2.05, 4.69) is 0 Å². The molecule has 6 aromatic heterocycles. The van der Waals surface area contributed by atoms with Gasteiger partial charge in [0.2, 0.25) is 0 Å². The van der Waals surface area contributed by atoms with Gasteiger partial charge in [-0.25, -0.2) is 9.97 Å². The summed E-state index contributed by atoms with van der Waals surface area (Å²) >= 11 is 3.06. The fraction of sp³-hybridized carbons (Fsp3) is 0. The molecule has 0 saturated heterocycles. The van der Waals surface area contributed by atoms with Crippen LogP contribution in [0.3, 0.4) is 0 Å². The van der Waals surface area contributed by atoms with Crippen LogP contribution in [-0.4, -0.2) is 18.8 Å². The molecule has 8 rings (SSSR count). The van der Waals surface area contributed by atoms with Crippen LogP contribution in [0.15, 0.2) is 55.4 Å². The zero-order valence-electron chi connectivity index (χ0n) is 15.0. The number of pyridine rings is 2. The average molecular weight is 424 g/mol. The van der Waals surface area contributed by atoms with Crippen molar-refractivity contribution in [3.63, 3.8) is 0 Å². The fourth-order valence-corrected chi connectivity index (χ4v) is 6.31. The number of hydrogen-bond donors (Lipinski definition) is 0. The van der Waals surface area contributed by atoms with Crippen molar-refractivity contribution in [3.05, 3.63) is 66.5 Å². The minimum absolute atomic E-state index is 0.107. The maximum atomic E-state index is 13.4. The molecule has 0 N–H and O–H groups in total. The first-order valence-electron chi connectivity index (χ1n) is 9.31. The third kappa shape index (κ3) is 1.50. The van der Waals surface area contributed by atoms with Crippen LogP contribution in [0.2, 0.25) is 0 Å². The smallest absolute Gasteiger partial charge is 0.264 e. The third-order valence-corrected chi connectivity index (χ3v) is 7.55. The summed E-state index contributed by atoms with van der Waals surface area (Å²) in [6, 6.07) is 7.55. The Labute approximate surface area is 173 Å². The molecule has 0 unspecified atom stereocenters. The van der Waals surface area contributed by atoms with Crippen LogP contribution < -0.4 is 11.1 Å². The van der Waals surface area contributed by atoms with Crippen molar-refractivity contribution in [3.8, 4) is 0 Å². The summed E-state index contributed by atoms with van der Waals surface area (Å²) in [6.45, 7) is 0. The Morgan fingerprint density at radius 3 is 1.50 bits per heavy atom. The summed E-state index contributed by atoms with van der Waals surface area (Å²) < 4.78 is 3.37. The molecule has 0 aliphatic rings. The summed E-state index contributed by atoms with van der Waals surface area (Å²) in [6.07, 6.45) is 0. The lowest BCUT2D eigenvalue weighted by Crippen LogP contribution is -2.16. The van der Waals surface area contributed by atoms with Crippen LogP contribution in [0.1, 0.15) is 0 Å². The first-order valence-corrected chi connectivity index (χ1v) is 11.2. The van der Waals surface area contributed by atoms with Crippen LogP contribution in [0.5, 0.6) is 0 Å². The van der Waals surface area contributed by atoms with Crippen molar-refractivity contribution >= 4 is 88.4 Å². The Balaban J connectivity index is 1.76. The van der Waals surface area contributed by atoms with Crippen molar-refractivity contribution in [1.82, 2.24) is 18.8 Å². The molecule has 140 valence electrons. The van der Waals surface area contributed by atoms with Crippen LogP contribution >= 0.6 is 22.7 Å². The van der Waals surface area contributed by atoms with E-state index in [0.717, 1.165) is 43.6 Å². The maximum Gasteiger partial charge on any atom is 0.264 e. The molecule has 0 saturated carbocycles. The van der Waals surface area contributed by atoms with Crippen molar-refractivity contribution in [2.45, 2.75) is 0 Å². The van der Waals surface area contributed by atoms with Crippen molar-refractivity contribution in [1.29, 1.82) is 0 Å². The minimum Gasteiger partial charge on any atom is -0.268 e. The zero-order chi connectivity index (χ0) is 19.7. The third-order valence-electron chi connectivity index (χ3n) is 6.11. The molecule has 0 aliphatic heterocycles. The number of nitrogens with zero attached hydrogens (tertiary/aromatic N) is 4. The van der Waals surface area contributed by atoms with Gasteiger partial charge in [-0.05, 0) is 24.3 Å². The van der Waals surface area contributed by atoms with E-state index in [4.69, 9.17) is 9.97 Å². The summed E-state index contributed by atoms with van der Waals surface area (Å²) in [5.74, 6) is 0. The largest absolute Gasteiger partial charge is 0.268 e. The molecule has 0 fully saturated rings. The number of rotatable bonds is 0. The number of aromatic nitrogens is 4. The van der Waals surface area contributed by atoms with Gasteiger partial charge in [0.1, 0.15) is 22.3 Å². The van der Waals surface area contributed by atoms with E-state index in [-0.39, 0.29) is 11.1 Å². The topological polar surface area (TPSA) is 68.7 Å². The number of imidazole rings is 2. The van der Waals surface area contributed by atoms with Gasteiger partial charge in [0.15, 0.2) is 0 Å². The Morgan fingerprint density at radius 1 is 0.600 bits per heavy atom. The highest BCUT2D eigenvalue weighted by molar-refractivity contribution is 7.09. The van der Waals surface area contributed by atoms with Gasteiger partial charge in [0.25, 0.3) is 11.1 Å². The monoisotopic (exact) mass is 424 g/mol. The van der Waals surface area contributed by atoms with Crippen LogP contribution in [0, 0.1) is 0 Å². The number of hydrogen-bond acceptors (Lipinski definition) is 6. The van der Waals surface area contributed by atoms with E-state index in [0.29, 0.717) is 22.1 Å². The molecular formula is C22H8N4O2S2. The summed E-state index contributed by atoms with van der Waals surface area (Å²) in [5.41, 5.74) is 4.33. The van der Waals surface area contributed by atoms with E-state index in [1.54, 1.807) is 20.9 Å². The molecule has 8 heteroatoms. The molecule has 0 radical (unpaired) electrons. The molecule has 2 aromatic carbocycles. The van der Waals surface area contributed by atoms with Gasteiger partial charge in [-0.1, -0.05) is 0 Å². The second kappa shape index (κ2) is 4.75. The van der Waals surface area contributed by atoms with Crippen LogP contribution in [0.25, 0.3) is 65.7 Å². The summed E-state index contributed by atoms with van der Waals surface area (Å²) in [7, 11) is 0. The van der Waals surface area contributed by atoms with Crippen molar-refractivity contribution in [2.24, 2.45) is 0 Å². The number of thiophene rings is 2. The lowest BCUT2D eigenvalue weighted by Gasteiger charge is -2.11. The van der Waals surface area contributed by atoms with Gasteiger partial charge in [-0.15, -0.1) is 22.7 Å². The molecule has 0 aliphatic carbocycles. The molecule has 0 atom stereocenters. The summed E-state index contributed by atoms with van der Waals surface area (Å²) in [5, 5.41) is 12.3. The predicted octanol–water partition coefficient (Wildman–Crippen LogP) is 4.47. The molecule has 30 heavy (non-hydrogen) atoms. The second-order valence-corrected chi connectivity index (χ2v) is 8.99. The molecule has 0 spiro atoms. The average Bonchev–Trinajstić information content (AvgIpc) is 3.49. The molecule has 6 nitrogen and oxygen atoms in total. The van der Waals surface area contributed by atoms with Crippen LogP contribution in [-0.2, 0) is 0 Å². The molecular weight excluding hydrogens is 416 g/mol. The van der Waals surface area contributed by atoms with Crippen LogP contribution in [0.4, 0.5) is 0 Å². The predicted molar refractivity (Wildman–Crippen MR) is 122 cm³/mol. The first kappa shape index (κ1) is 15.3. The molecule has 0 amide bonds. The molecule has 8 aromatic rings. The van der Waals surface area contributed by atoms with Gasteiger partial charge in [-0.2, -0.15) is 0 Å². The second-order valence-electron chi connectivity index (χ2n) is 7.51. The minimum atomic E-state index is -0.107. The Bertz CT molecular complexity index is 1960. The van der Waals surface area contributed by atoms with Gasteiger partial charge in [0, 0.05) is 53.8 Å². The van der Waals surface area contributed by atoms with E-state index < -0.39 is 0 Å². The van der Waals surface area contributed by atoms with Gasteiger partial charge in [-0.3, -0.25) is 18.4 Å². The highest BCUT2D eigenvalue weighted by atomic mass is 32.1. The standard InChI is InChI=1S/C22H8N4O2S2/c27-21-11-3-4-12-18-10(20-24-14-6-30-8-16(14)26(20)22(12)28)2-1-9(17(11)18)19-23-13-5-29-7-15(13)25(19)21/h1-8H. The zero-order valence-corrected chi connectivity index (χ0v) is 16.7. The fourth-order valence-electron chi connectivity index (χ4n) is 4.86. The Morgan fingerprint density at radius 2 is 1.03 bits per heavy atom. The Hall–Kier alpha value is -3.62. The van der Waals surface area contributed by atoms with Gasteiger partial charge >= 0.3 is 0 Å². The van der Waals surface area contributed by atoms with E-state index >= 15 is 0 Å². The highest BCUT2D eigenvalue weighted by Crippen LogP contribution is 2.37. The molecule has 0 bridgehead atoms. The normalized spacial score (nSPS) is 12.9. The Kier molecular flexibility index (Phi) is 2.41. The summed E-state index contributed by atoms with van der Waals surface area (Å²) in [4.78, 5) is 36.4. The quantitative estimate of drug-likeness (QED) is 0.337. The molecule has 6 heterocycles. The van der Waals surface area contributed by atoms with E-state index in [9.17, 15) is 9.59 Å². The number of fused-ring (bicyclic) bond motifs is 8. The lowest BCUT2D eigenvalue weighted by molar-refractivity contribution is 1.18. The highest BCUT2D eigenvalue weighted by Gasteiger charge is 2.22. The van der Waals surface area contributed by atoms with Gasteiger partial charge < -0.3 is 0 Å². The SMILES string of the molecule is O=c1c2ccc3c(=O)n4c5cscc5nc4c4ccc(c2c34)c2nc3cscc3n12. The number of benzene rings is 2.